The number of thiophene rings is 1. The van der Waals surface area contributed by atoms with E-state index in [-0.39, 0.29) is 16.8 Å². The van der Waals surface area contributed by atoms with Gasteiger partial charge in [0.2, 0.25) is 10.0 Å². The number of sulfonamides is 1. The molecule has 0 bridgehead atoms. The van der Waals surface area contributed by atoms with Crippen LogP contribution in [0, 0.1) is 6.92 Å². The van der Waals surface area contributed by atoms with Crippen LogP contribution in [-0.2, 0) is 14.8 Å². The molecule has 1 N–H and O–H groups in total. The zero-order valence-electron chi connectivity index (χ0n) is 13.1. The number of amides is 1. The Labute approximate surface area is 135 Å². The van der Waals surface area contributed by atoms with Gasteiger partial charge in [-0.3, -0.25) is 4.79 Å². The first kappa shape index (κ1) is 17.4. The van der Waals surface area contributed by atoms with Crippen molar-refractivity contribution < 1.29 is 17.9 Å². The summed E-state index contributed by atoms with van der Waals surface area (Å²) in [4.78, 5) is 13.5. The van der Waals surface area contributed by atoms with Crippen LogP contribution in [0.25, 0.3) is 0 Å². The van der Waals surface area contributed by atoms with Gasteiger partial charge in [0.05, 0.1) is 23.0 Å². The van der Waals surface area contributed by atoms with E-state index in [1.54, 1.807) is 6.92 Å². The highest BCUT2D eigenvalue weighted by atomic mass is 32.2. The Balaban J connectivity index is 2.23. The van der Waals surface area contributed by atoms with Crippen LogP contribution >= 0.6 is 11.3 Å². The Kier molecular flexibility index (Phi) is 5.60. The molecular formula is C14H22N2O4S2. The minimum absolute atomic E-state index is 0.0641. The van der Waals surface area contributed by atoms with Crippen LogP contribution in [-0.4, -0.2) is 51.0 Å². The summed E-state index contributed by atoms with van der Waals surface area (Å²) >= 11 is 1.22. The minimum Gasteiger partial charge on any atom is -0.379 e. The van der Waals surface area contributed by atoms with Crippen molar-refractivity contribution in [2.24, 2.45) is 0 Å². The van der Waals surface area contributed by atoms with E-state index in [0.717, 1.165) is 6.42 Å². The lowest BCUT2D eigenvalue weighted by Gasteiger charge is -2.25. The lowest BCUT2D eigenvalue weighted by molar-refractivity contribution is 0.0730. The van der Waals surface area contributed by atoms with Gasteiger partial charge in [-0.25, -0.2) is 8.42 Å². The summed E-state index contributed by atoms with van der Waals surface area (Å²) in [6.07, 6.45) is 0.828. The van der Waals surface area contributed by atoms with Crippen LogP contribution in [0.3, 0.4) is 0 Å². The third kappa shape index (κ3) is 3.68. The summed E-state index contributed by atoms with van der Waals surface area (Å²) in [5.41, 5.74) is 0. The van der Waals surface area contributed by atoms with E-state index < -0.39 is 10.0 Å². The number of rotatable bonds is 5. The number of carbonyl (C=O) groups excluding carboxylic acids is 1. The van der Waals surface area contributed by atoms with Crippen molar-refractivity contribution in [1.29, 1.82) is 0 Å². The summed E-state index contributed by atoms with van der Waals surface area (Å²) in [6.45, 7) is 7.16. The SMILES string of the molecule is CC[C@@H](C)NC(=O)c1cc(S(=O)(=O)N2CCOCC2)c(C)s1. The number of carbonyl (C=O) groups is 1. The van der Waals surface area contributed by atoms with Gasteiger partial charge in [0.25, 0.3) is 5.91 Å². The number of ether oxygens (including phenoxy) is 1. The molecule has 1 aromatic rings. The highest BCUT2D eigenvalue weighted by molar-refractivity contribution is 7.89. The molecule has 0 unspecified atom stereocenters. The third-order valence-electron chi connectivity index (χ3n) is 3.67. The van der Waals surface area contributed by atoms with E-state index in [0.29, 0.717) is 36.1 Å². The molecule has 1 saturated heterocycles. The molecule has 0 aliphatic carbocycles. The number of nitrogens with zero attached hydrogens (tertiary/aromatic N) is 1. The van der Waals surface area contributed by atoms with Crippen LogP contribution < -0.4 is 5.32 Å². The van der Waals surface area contributed by atoms with Crippen molar-refractivity contribution in [2.45, 2.75) is 38.1 Å². The van der Waals surface area contributed by atoms with E-state index in [1.165, 1.54) is 21.7 Å². The molecular weight excluding hydrogens is 324 g/mol. The van der Waals surface area contributed by atoms with Crippen molar-refractivity contribution in [3.63, 3.8) is 0 Å². The van der Waals surface area contributed by atoms with Crippen molar-refractivity contribution >= 4 is 27.3 Å². The lowest BCUT2D eigenvalue weighted by Crippen LogP contribution is -2.40. The quantitative estimate of drug-likeness (QED) is 0.879. The Morgan fingerprint density at radius 3 is 2.68 bits per heavy atom. The first-order valence-corrected chi connectivity index (χ1v) is 9.61. The number of hydrogen-bond acceptors (Lipinski definition) is 5. The fraction of sp³-hybridized carbons (Fsp3) is 0.643. The maximum atomic E-state index is 12.7. The monoisotopic (exact) mass is 346 g/mol. The van der Waals surface area contributed by atoms with E-state index >= 15 is 0 Å². The third-order valence-corrected chi connectivity index (χ3v) is 6.88. The fourth-order valence-electron chi connectivity index (χ4n) is 2.16. The van der Waals surface area contributed by atoms with Crippen molar-refractivity contribution in [2.75, 3.05) is 26.3 Å². The van der Waals surface area contributed by atoms with E-state index in [9.17, 15) is 13.2 Å². The van der Waals surface area contributed by atoms with Gasteiger partial charge in [-0.05, 0) is 26.3 Å². The molecule has 1 amide bonds. The molecule has 1 fully saturated rings. The van der Waals surface area contributed by atoms with Gasteiger partial charge in [-0.15, -0.1) is 11.3 Å². The zero-order valence-corrected chi connectivity index (χ0v) is 14.7. The predicted octanol–water partition coefficient (Wildman–Crippen LogP) is 1.61. The van der Waals surface area contributed by atoms with Gasteiger partial charge in [-0.1, -0.05) is 6.92 Å². The summed E-state index contributed by atoms with van der Waals surface area (Å²) in [7, 11) is -3.56. The lowest BCUT2D eigenvalue weighted by atomic mass is 10.2. The van der Waals surface area contributed by atoms with Crippen molar-refractivity contribution in [3.05, 3.63) is 15.8 Å². The van der Waals surface area contributed by atoms with Crippen LogP contribution in [0.5, 0.6) is 0 Å². The topological polar surface area (TPSA) is 75.7 Å². The highest BCUT2D eigenvalue weighted by Crippen LogP contribution is 2.28. The van der Waals surface area contributed by atoms with Gasteiger partial charge in [0.1, 0.15) is 0 Å². The van der Waals surface area contributed by atoms with Crippen LogP contribution in [0.4, 0.5) is 0 Å². The standard InChI is InChI=1S/C14H22N2O4S2/c1-4-10(2)15-14(17)12-9-13(11(3)21-12)22(18,19)16-5-7-20-8-6-16/h9-10H,4-8H2,1-3H3,(H,15,17)/t10-/m1/s1. The normalized spacial score (nSPS) is 18.1. The van der Waals surface area contributed by atoms with Gasteiger partial charge in [0.15, 0.2) is 0 Å². The molecule has 1 aliphatic heterocycles. The average Bonchev–Trinajstić information content (AvgIpc) is 2.91. The molecule has 22 heavy (non-hydrogen) atoms. The molecule has 124 valence electrons. The fourth-order valence-corrected chi connectivity index (χ4v) is 5.03. The van der Waals surface area contributed by atoms with Gasteiger partial charge in [-0.2, -0.15) is 4.31 Å². The largest absolute Gasteiger partial charge is 0.379 e. The minimum atomic E-state index is -3.56. The second kappa shape index (κ2) is 7.08. The highest BCUT2D eigenvalue weighted by Gasteiger charge is 2.30. The van der Waals surface area contributed by atoms with Crippen LogP contribution in [0.15, 0.2) is 11.0 Å². The van der Waals surface area contributed by atoms with Crippen LogP contribution in [0.1, 0.15) is 34.8 Å². The van der Waals surface area contributed by atoms with E-state index in [2.05, 4.69) is 5.32 Å². The first-order valence-electron chi connectivity index (χ1n) is 7.35. The Morgan fingerprint density at radius 1 is 1.45 bits per heavy atom. The maximum absolute atomic E-state index is 12.7. The van der Waals surface area contributed by atoms with Crippen LogP contribution in [0.2, 0.25) is 0 Å². The summed E-state index contributed by atoms with van der Waals surface area (Å²) in [5, 5.41) is 2.86. The Hall–Kier alpha value is -0.960. The molecule has 0 aromatic carbocycles. The predicted molar refractivity (Wildman–Crippen MR) is 85.9 cm³/mol. The van der Waals surface area contributed by atoms with Gasteiger partial charge < -0.3 is 10.1 Å². The Bertz CT molecular complexity index is 633. The first-order chi connectivity index (χ1) is 10.4. The van der Waals surface area contributed by atoms with Crippen molar-refractivity contribution in [1.82, 2.24) is 9.62 Å². The molecule has 0 spiro atoms. The van der Waals surface area contributed by atoms with Crippen molar-refractivity contribution in [3.8, 4) is 0 Å². The Morgan fingerprint density at radius 2 is 2.09 bits per heavy atom. The average molecular weight is 346 g/mol. The molecule has 0 saturated carbocycles. The molecule has 2 heterocycles. The van der Waals surface area contributed by atoms with Gasteiger partial charge >= 0.3 is 0 Å². The maximum Gasteiger partial charge on any atom is 0.261 e. The molecule has 1 aromatic heterocycles. The molecule has 6 nitrogen and oxygen atoms in total. The molecule has 2 rings (SSSR count). The number of nitrogens with one attached hydrogen (secondary N) is 1. The zero-order chi connectivity index (χ0) is 16.3. The molecule has 1 atom stereocenters. The number of hydrogen-bond donors (Lipinski definition) is 1. The van der Waals surface area contributed by atoms with E-state index in [4.69, 9.17) is 4.74 Å². The molecule has 1 aliphatic rings. The summed E-state index contributed by atoms with van der Waals surface area (Å²) in [6, 6.07) is 1.55. The van der Waals surface area contributed by atoms with Gasteiger partial charge in [0, 0.05) is 24.0 Å². The summed E-state index contributed by atoms with van der Waals surface area (Å²) in [5.74, 6) is -0.217. The second-order valence-electron chi connectivity index (χ2n) is 5.33. The second-order valence-corrected chi connectivity index (χ2v) is 8.49. The number of aryl methyl sites for hydroxylation is 1. The molecule has 0 radical (unpaired) electrons. The number of morpholine rings is 1. The molecule has 8 heteroatoms. The van der Waals surface area contributed by atoms with E-state index in [1.807, 2.05) is 13.8 Å². The summed E-state index contributed by atoms with van der Waals surface area (Å²) < 4.78 is 31.9. The smallest absolute Gasteiger partial charge is 0.261 e.